The minimum Gasteiger partial charge on any atom is -0.492 e. The molecule has 0 spiro atoms. The van der Waals surface area contributed by atoms with Gasteiger partial charge in [0.15, 0.2) is 0 Å². The number of hydrogen-bond donors (Lipinski definition) is 1. The molecule has 12 heavy (non-hydrogen) atoms. The number of nitrogens with two attached hydrogens (primary N) is 1. The highest BCUT2D eigenvalue weighted by molar-refractivity contribution is 9.10. The summed E-state index contributed by atoms with van der Waals surface area (Å²) < 4.78 is 6.47. The van der Waals surface area contributed by atoms with Gasteiger partial charge in [-0.15, -0.1) is 0 Å². The Morgan fingerprint density at radius 2 is 2.33 bits per heavy atom. The average molecular weight is 228 g/mol. The molecule has 3 heteroatoms. The van der Waals surface area contributed by atoms with Crippen molar-refractivity contribution in [1.82, 2.24) is 0 Å². The van der Waals surface area contributed by atoms with Crippen molar-refractivity contribution in [2.45, 2.75) is 13.3 Å². The standard InChI is InChI=1S/C9H10BrNO/c1-5-7(11)4-6-2-3-12-9(6)8(5)10/h4H,2-3,11H2,1H3. The third-order valence-corrected chi connectivity index (χ3v) is 3.16. The van der Waals surface area contributed by atoms with Gasteiger partial charge in [0.05, 0.1) is 11.1 Å². The lowest BCUT2D eigenvalue weighted by Crippen LogP contribution is -1.93. The first kappa shape index (κ1) is 7.92. The van der Waals surface area contributed by atoms with Gasteiger partial charge in [-0.3, -0.25) is 0 Å². The number of nitrogen functional groups attached to an aromatic ring is 1. The maximum Gasteiger partial charge on any atom is 0.137 e. The van der Waals surface area contributed by atoms with Gasteiger partial charge in [0, 0.05) is 17.7 Å². The normalized spacial score (nSPS) is 14.2. The Bertz CT molecular complexity index is 336. The lowest BCUT2D eigenvalue weighted by molar-refractivity contribution is 0.354. The van der Waals surface area contributed by atoms with Gasteiger partial charge in [-0.2, -0.15) is 0 Å². The van der Waals surface area contributed by atoms with E-state index in [2.05, 4.69) is 15.9 Å². The Hall–Kier alpha value is -0.700. The molecule has 0 aromatic heterocycles. The lowest BCUT2D eigenvalue weighted by atomic mass is 10.1. The van der Waals surface area contributed by atoms with Crippen LogP contribution in [0.1, 0.15) is 11.1 Å². The average Bonchev–Trinajstić information content (AvgIpc) is 2.48. The zero-order valence-electron chi connectivity index (χ0n) is 6.86. The Morgan fingerprint density at radius 1 is 1.58 bits per heavy atom. The third-order valence-electron chi connectivity index (χ3n) is 2.20. The van der Waals surface area contributed by atoms with Crippen LogP contribution in [0.4, 0.5) is 5.69 Å². The summed E-state index contributed by atoms with van der Waals surface area (Å²) in [6.45, 7) is 2.76. The van der Waals surface area contributed by atoms with E-state index in [1.807, 2.05) is 13.0 Å². The van der Waals surface area contributed by atoms with Crippen molar-refractivity contribution in [2.24, 2.45) is 0 Å². The van der Waals surface area contributed by atoms with Crippen molar-refractivity contribution >= 4 is 21.6 Å². The van der Waals surface area contributed by atoms with Crippen LogP contribution in [0.25, 0.3) is 0 Å². The summed E-state index contributed by atoms with van der Waals surface area (Å²) in [4.78, 5) is 0. The zero-order chi connectivity index (χ0) is 8.72. The van der Waals surface area contributed by atoms with Crippen LogP contribution in [0, 0.1) is 6.92 Å². The predicted molar refractivity (Wildman–Crippen MR) is 52.5 cm³/mol. The maximum atomic E-state index is 5.81. The summed E-state index contributed by atoms with van der Waals surface area (Å²) in [6.07, 6.45) is 0.971. The van der Waals surface area contributed by atoms with E-state index in [0.29, 0.717) is 0 Å². The van der Waals surface area contributed by atoms with Crippen molar-refractivity contribution in [3.05, 3.63) is 21.7 Å². The van der Waals surface area contributed by atoms with Crippen molar-refractivity contribution in [1.29, 1.82) is 0 Å². The van der Waals surface area contributed by atoms with Gasteiger partial charge in [0.1, 0.15) is 5.75 Å². The molecule has 2 nitrogen and oxygen atoms in total. The highest BCUT2D eigenvalue weighted by Gasteiger charge is 2.18. The van der Waals surface area contributed by atoms with Crippen LogP contribution >= 0.6 is 15.9 Å². The predicted octanol–water partition coefficient (Wildman–Crippen LogP) is 2.27. The van der Waals surface area contributed by atoms with E-state index in [-0.39, 0.29) is 0 Å². The molecular formula is C9H10BrNO. The van der Waals surface area contributed by atoms with E-state index >= 15 is 0 Å². The van der Waals surface area contributed by atoms with Gasteiger partial charge in [0.25, 0.3) is 0 Å². The van der Waals surface area contributed by atoms with E-state index in [0.717, 1.165) is 34.5 Å². The highest BCUT2D eigenvalue weighted by atomic mass is 79.9. The lowest BCUT2D eigenvalue weighted by Gasteiger charge is -2.07. The number of rotatable bonds is 0. The number of fused-ring (bicyclic) bond motifs is 1. The summed E-state index contributed by atoms with van der Waals surface area (Å²) in [5, 5.41) is 0. The quantitative estimate of drug-likeness (QED) is 0.691. The summed E-state index contributed by atoms with van der Waals surface area (Å²) in [5.41, 5.74) is 8.93. The molecule has 0 bridgehead atoms. The Balaban J connectivity index is 2.67. The van der Waals surface area contributed by atoms with Crippen molar-refractivity contribution < 1.29 is 4.74 Å². The molecule has 0 aliphatic carbocycles. The molecule has 0 fully saturated rings. The molecule has 2 rings (SSSR count). The van der Waals surface area contributed by atoms with Gasteiger partial charge >= 0.3 is 0 Å². The number of benzene rings is 1. The second-order valence-corrected chi connectivity index (χ2v) is 3.78. The monoisotopic (exact) mass is 227 g/mol. The fraction of sp³-hybridized carbons (Fsp3) is 0.333. The highest BCUT2D eigenvalue weighted by Crippen LogP contribution is 2.38. The minimum atomic E-state index is 0.775. The molecule has 2 N–H and O–H groups in total. The molecule has 1 aromatic carbocycles. The fourth-order valence-corrected chi connectivity index (χ4v) is 2.00. The summed E-state index contributed by atoms with van der Waals surface area (Å²) in [5.74, 6) is 0.974. The molecule has 0 unspecified atom stereocenters. The Labute approximate surface area is 79.8 Å². The first-order valence-electron chi connectivity index (χ1n) is 3.90. The molecule has 64 valence electrons. The second kappa shape index (κ2) is 2.66. The summed E-state index contributed by atoms with van der Waals surface area (Å²) in [7, 11) is 0. The fourth-order valence-electron chi connectivity index (χ4n) is 1.40. The van der Waals surface area contributed by atoms with Gasteiger partial charge in [-0.1, -0.05) is 0 Å². The van der Waals surface area contributed by atoms with Gasteiger partial charge in [-0.05, 0) is 34.5 Å². The van der Waals surface area contributed by atoms with Gasteiger partial charge < -0.3 is 10.5 Å². The molecule has 1 aliphatic rings. The van der Waals surface area contributed by atoms with Crippen molar-refractivity contribution in [3.8, 4) is 5.75 Å². The van der Waals surface area contributed by atoms with Crippen LogP contribution in [0.15, 0.2) is 10.5 Å². The van der Waals surface area contributed by atoms with Gasteiger partial charge in [-0.25, -0.2) is 0 Å². The van der Waals surface area contributed by atoms with Crippen LogP contribution in [0.3, 0.4) is 0 Å². The molecule has 0 radical (unpaired) electrons. The first-order chi connectivity index (χ1) is 5.70. The SMILES string of the molecule is Cc1c(N)cc2c(c1Br)OCC2. The second-order valence-electron chi connectivity index (χ2n) is 2.99. The third kappa shape index (κ3) is 1.00. The maximum absolute atomic E-state index is 5.81. The molecule has 1 aliphatic heterocycles. The van der Waals surface area contributed by atoms with Gasteiger partial charge in [0.2, 0.25) is 0 Å². The molecule has 0 saturated carbocycles. The smallest absolute Gasteiger partial charge is 0.137 e. The van der Waals surface area contributed by atoms with Crippen LogP contribution in [-0.2, 0) is 6.42 Å². The van der Waals surface area contributed by atoms with Crippen LogP contribution in [-0.4, -0.2) is 6.61 Å². The molecular weight excluding hydrogens is 218 g/mol. The molecule has 1 aromatic rings. The van der Waals surface area contributed by atoms with Crippen LogP contribution in [0.5, 0.6) is 5.75 Å². The Kier molecular flexibility index (Phi) is 1.76. The molecule has 0 saturated heterocycles. The number of ether oxygens (including phenoxy) is 1. The topological polar surface area (TPSA) is 35.2 Å². The van der Waals surface area contributed by atoms with Crippen LogP contribution in [0.2, 0.25) is 0 Å². The van der Waals surface area contributed by atoms with Crippen LogP contribution < -0.4 is 10.5 Å². The largest absolute Gasteiger partial charge is 0.492 e. The van der Waals surface area contributed by atoms with Crippen molar-refractivity contribution in [3.63, 3.8) is 0 Å². The van der Waals surface area contributed by atoms with E-state index in [1.54, 1.807) is 0 Å². The van der Waals surface area contributed by atoms with E-state index < -0.39 is 0 Å². The number of anilines is 1. The summed E-state index contributed by atoms with van der Waals surface area (Å²) in [6, 6.07) is 2.00. The molecule has 1 heterocycles. The first-order valence-corrected chi connectivity index (χ1v) is 4.69. The zero-order valence-corrected chi connectivity index (χ0v) is 8.44. The number of halogens is 1. The van der Waals surface area contributed by atoms with E-state index in [4.69, 9.17) is 10.5 Å². The number of hydrogen-bond acceptors (Lipinski definition) is 2. The minimum absolute atomic E-state index is 0.775. The molecule has 0 atom stereocenters. The van der Waals surface area contributed by atoms with E-state index in [9.17, 15) is 0 Å². The summed E-state index contributed by atoms with van der Waals surface area (Å²) >= 11 is 3.48. The molecule has 0 amide bonds. The Morgan fingerprint density at radius 3 is 3.08 bits per heavy atom. The van der Waals surface area contributed by atoms with E-state index in [1.165, 1.54) is 5.56 Å². The van der Waals surface area contributed by atoms with Crippen molar-refractivity contribution in [2.75, 3.05) is 12.3 Å².